The molecule has 0 atom stereocenters. The molecule has 0 unspecified atom stereocenters. The van der Waals surface area contributed by atoms with Crippen molar-refractivity contribution in [3.63, 3.8) is 0 Å². The standard InChI is InChI=1S/C25H32N6O2S/c1-16(2)23-21-14-19(18-7-9-30(10-8-18)11-12-34(4,32)33)5-6-22(21)26-24(23)20-13-17(3)25-27-28-29-31(25)15-20/h5-6,13-16,18,26H,7-12H2,1-4H3. The van der Waals surface area contributed by atoms with Gasteiger partial charge in [-0.3, -0.25) is 0 Å². The number of pyridine rings is 1. The Balaban J connectivity index is 1.45. The molecule has 34 heavy (non-hydrogen) atoms. The van der Waals surface area contributed by atoms with Crippen molar-refractivity contribution in [3.05, 3.63) is 47.2 Å². The average Bonchev–Trinajstić information content (AvgIpc) is 3.42. The highest BCUT2D eigenvalue weighted by atomic mass is 32.2. The van der Waals surface area contributed by atoms with Crippen LogP contribution in [0.5, 0.6) is 0 Å². The maximum absolute atomic E-state index is 11.5. The molecule has 1 aromatic carbocycles. The molecule has 0 radical (unpaired) electrons. The molecule has 0 saturated carbocycles. The van der Waals surface area contributed by atoms with Gasteiger partial charge in [-0.05, 0) is 90.0 Å². The number of H-pyrrole nitrogens is 1. The minimum Gasteiger partial charge on any atom is -0.354 e. The van der Waals surface area contributed by atoms with Crippen LogP contribution in [0, 0.1) is 6.92 Å². The summed E-state index contributed by atoms with van der Waals surface area (Å²) in [5, 5.41) is 13.3. The summed E-state index contributed by atoms with van der Waals surface area (Å²) in [5.41, 5.74) is 7.85. The fourth-order valence-corrected chi connectivity index (χ4v) is 5.83. The molecule has 5 rings (SSSR count). The fraction of sp³-hybridized carbons (Fsp3) is 0.480. The summed E-state index contributed by atoms with van der Waals surface area (Å²) in [6.07, 6.45) is 5.41. The number of sulfone groups is 1. The minimum absolute atomic E-state index is 0.240. The molecule has 4 aromatic rings. The van der Waals surface area contributed by atoms with E-state index in [4.69, 9.17) is 0 Å². The van der Waals surface area contributed by atoms with Crippen molar-refractivity contribution < 1.29 is 8.42 Å². The molecule has 9 heteroatoms. The number of fused-ring (bicyclic) bond motifs is 2. The van der Waals surface area contributed by atoms with Crippen molar-refractivity contribution in [1.29, 1.82) is 0 Å². The Morgan fingerprint density at radius 2 is 1.94 bits per heavy atom. The van der Waals surface area contributed by atoms with E-state index in [2.05, 4.69) is 63.5 Å². The second kappa shape index (κ2) is 8.78. The van der Waals surface area contributed by atoms with Gasteiger partial charge in [0.25, 0.3) is 0 Å². The van der Waals surface area contributed by atoms with Crippen LogP contribution in [0.4, 0.5) is 0 Å². The van der Waals surface area contributed by atoms with Gasteiger partial charge in [-0.15, -0.1) is 5.10 Å². The van der Waals surface area contributed by atoms with Crippen LogP contribution in [-0.2, 0) is 9.84 Å². The van der Waals surface area contributed by atoms with Gasteiger partial charge in [0.1, 0.15) is 9.84 Å². The van der Waals surface area contributed by atoms with E-state index in [0.717, 1.165) is 53.9 Å². The van der Waals surface area contributed by atoms with E-state index in [0.29, 0.717) is 18.4 Å². The van der Waals surface area contributed by atoms with Crippen LogP contribution in [0.15, 0.2) is 30.5 Å². The highest BCUT2D eigenvalue weighted by Gasteiger charge is 2.23. The predicted octanol–water partition coefficient (Wildman–Crippen LogP) is 3.93. The number of rotatable bonds is 6. The van der Waals surface area contributed by atoms with Crippen LogP contribution < -0.4 is 0 Å². The zero-order valence-corrected chi connectivity index (χ0v) is 21.1. The van der Waals surface area contributed by atoms with E-state index in [1.165, 1.54) is 22.8 Å². The summed E-state index contributed by atoms with van der Waals surface area (Å²) in [6.45, 7) is 9.03. The van der Waals surface area contributed by atoms with Gasteiger partial charge in [0.15, 0.2) is 5.65 Å². The van der Waals surface area contributed by atoms with Crippen LogP contribution in [0.3, 0.4) is 0 Å². The molecule has 1 aliphatic heterocycles. The van der Waals surface area contributed by atoms with Crippen molar-refractivity contribution in [2.45, 2.75) is 45.4 Å². The Kier molecular flexibility index (Phi) is 5.93. The summed E-state index contributed by atoms with van der Waals surface area (Å²) in [5.74, 6) is 1.09. The topological polar surface area (TPSA) is 96.2 Å². The van der Waals surface area contributed by atoms with Crippen molar-refractivity contribution in [3.8, 4) is 11.3 Å². The summed E-state index contributed by atoms with van der Waals surface area (Å²) in [7, 11) is -2.92. The van der Waals surface area contributed by atoms with E-state index in [1.807, 2.05) is 13.1 Å². The number of hydrogen-bond acceptors (Lipinski definition) is 6. The van der Waals surface area contributed by atoms with Gasteiger partial charge in [0.05, 0.1) is 11.4 Å². The first kappa shape index (κ1) is 23.0. The number of benzene rings is 1. The van der Waals surface area contributed by atoms with Crippen LogP contribution in [0.25, 0.3) is 27.8 Å². The van der Waals surface area contributed by atoms with E-state index in [-0.39, 0.29) is 5.75 Å². The van der Waals surface area contributed by atoms with Crippen molar-refractivity contribution in [2.75, 3.05) is 31.6 Å². The molecular formula is C25H32N6O2S. The first-order chi connectivity index (χ1) is 16.2. The first-order valence-electron chi connectivity index (χ1n) is 11.9. The molecule has 1 saturated heterocycles. The number of aromatic nitrogens is 5. The summed E-state index contributed by atoms with van der Waals surface area (Å²) in [6, 6.07) is 8.97. The average molecular weight is 481 g/mol. The van der Waals surface area contributed by atoms with Crippen LogP contribution in [0.1, 0.15) is 55.2 Å². The van der Waals surface area contributed by atoms with E-state index >= 15 is 0 Å². The van der Waals surface area contributed by atoms with Gasteiger partial charge in [-0.25, -0.2) is 8.42 Å². The largest absolute Gasteiger partial charge is 0.354 e. The van der Waals surface area contributed by atoms with Gasteiger partial charge >= 0.3 is 0 Å². The monoisotopic (exact) mass is 480 g/mol. The maximum Gasteiger partial charge on any atom is 0.182 e. The zero-order valence-electron chi connectivity index (χ0n) is 20.2. The quantitative estimate of drug-likeness (QED) is 0.449. The lowest BCUT2D eigenvalue weighted by Gasteiger charge is -2.32. The number of tetrazole rings is 1. The molecule has 180 valence electrons. The van der Waals surface area contributed by atoms with E-state index in [9.17, 15) is 8.42 Å². The number of aromatic amines is 1. The molecule has 0 bridgehead atoms. The molecule has 0 spiro atoms. The van der Waals surface area contributed by atoms with E-state index in [1.54, 1.807) is 4.52 Å². The lowest BCUT2D eigenvalue weighted by Crippen LogP contribution is -2.36. The molecule has 1 N–H and O–H groups in total. The van der Waals surface area contributed by atoms with Gasteiger partial charge in [-0.1, -0.05) is 19.9 Å². The van der Waals surface area contributed by atoms with Gasteiger partial charge in [0, 0.05) is 35.5 Å². The predicted molar refractivity (Wildman–Crippen MR) is 135 cm³/mol. The Hall–Kier alpha value is -2.78. The number of nitrogens with zero attached hydrogens (tertiary/aromatic N) is 5. The molecule has 8 nitrogen and oxygen atoms in total. The Morgan fingerprint density at radius 1 is 1.18 bits per heavy atom. The van der Waals surface area contributed by atoms with Crippen molar-refractivity contribution in [2.24, 2.45) is 0 Å². The van der Waals surface area contributed by atoms with Gasteiger partial charge in [-0.2, -0.15) is 4.52 Å². The molecular weight excluding hydrogens is 448 g/mol. The number of piperidine rings is 1. The normalized spacial score (nSPS) is 16.3. The third kappa shape index (κ3) is 4.46. The highest BCUT2D eigenvalue weighted by molar-refractivity contribution is 7.90. The Bertz CT molecular complexity index is 1450. The summed E-state index contributed by atoms with van der Waals surface area (Å²) in [4.78, 5) is 5.95. The van der Waals surface area contributed by atoms with Crippen molar-refractivity contribution >= 4 is 26.4 Å². The molecule has 3 aromatic heterocycles. The van der Waals surface area contributed by atoms with Gasteiger partial charge < -0.3 is 9.88 Å². The van der Waals surface area contributed by atoms with Crippen molar-refractivity contribution in [1.82, 2.24) is 29.9 Å². The smallest absolute Gasteiger partial charge is 0.182 e. The number of nitrogens with one attached hydrogen (secondary N) is 1. The third-order valence-corrected chi connectivity index (χ3v) is 7.97. The molecule has 4 heterocycles. The Morgan fingerprint density at radius 3 is 2.65 bits per heavy atom. The van der Waals surface area contributed by atoms with Crippen LogP contribution in [-0.4, -0.2) is 70.0 Å². The summed E-state index contributed by atoms with van der Waals surface area (Å²) < 4.78 is 24.7. The first-order valence-corrected chi connectivity index (χ1v) is 14.0. The Labute approximate surface area is 200 Å². The molecule has 0 aliphatic carbocycles. The molecule has 0 amide bonds. The third-order valence-electron chi connectivity index (χ3n) is 7.05. The number of likely N-dealkylation sites (tertiary alicyclic amines) is 1. The molecule has 1 aliphatic rings. The SMILES string of the molecule is Cc1cc(-c2[nH]c3ccc(C4CCN(CCS(C)(=O)=O)CC4)cc3c2C(C)C)cn2nnnc12. The number of aryl methyl sites for hydroxylation is 1. The summed E-state index contributed by atoms with van der Waals surface area (Å²) >= 11 is 0. The van der Waals surface area contributed by atoms with E-state index < -0.39 is 9.84 Å². The molecule has 1 fully saturated rings. The van der Waals surface area contributed by atoms with Crippen LogP contribution >= 0.6 is 0 Å². The highest BCUT2D eigenvalue weighted by Crippen LogP contribution is 2.38. The zero-order chi connectivity index (χ0) is 24.0. The van der Waals surface area contributed by atoms with Crippen LogP contribution in [0.2, 0.25) is 0 Å². The van der Waals surface area contributed by atoms with Gasteiger partial charge in [0.2, 0.25) is 0 Å². The lowest BCUT2D eigenvalue weighted by molar-refractivity contribution is 0.223. The fourth-order valence-electron chi connectivity index (χ4n) is 5.24. The second-order valence-electron chi connectivity index (χ2n) is 9.98. The number of hydrogen-bond donors (Lipinski definition) is 1. The second-order valence-corrected chi connectivity index (χ2v) is 12.2. The lowest BCUT2D eigenvalue weighted by atomic mass is 9.87. The maximum atomic E-state index is 11.5. The minimum atomic E-state index is -2.92.